The zero-order valence-corrected chi connectivity index (χ0v) is 21.7. The van der Waals surface area contributed by atoms with Gasteiger partial charge in [0.25, 0.3) is 0 Å². The number of hydrogen-bond donors (Lipinski definition) is 3. The maximum atomic E-state index is 11.8. The van der Waals surface area contributed by atoms with E-state index in [1.807, 2.05) is 13.8 Å². The summed E-state index contributed by atoms with van der Waals surface area (Å²) in [4.78, 5) is 11.8. The number of rotatable bonds is 8. The summed E-state index contributed by atoms with van der Waals surface area (Å²) in [5.74, 6) is 1.16. The second kappa shape index (κ2) is 11.1. The number of esters is 1. The number of ether oxygens (including phenoxy) is 1. The minimum absolute atomic E-state index is 0.0367. The van der Waals surface area contributed by atoms with Crippen LogP contribution in [0.2, 0.25) is 0 Å². The van der Waals surface area contributed by atoms with Crippen LogP contribution in [0.15, 0.2) is 35.5 Å². The van der Waals surface area contributed by atoms with Crippen LogP contribution in [0.1, 0.15) is 91.9 Å². The van der Waals surface area contributed by atoms with Gasteiger partial charge in [0.15, 0.2) is 0 Å². The number of aliphatic hydroxyl groups excluding tert-OH is 2. The molecule has 34 heavy (non-hydrogen) atoms. The Labute approximate surface area is 206 Å². The zero-order valence-electron chi connectivity index (χ0n) is 21.7. The molecule has 0 saturated heterocycles. The Balaban J connectivity index is 1.83. The summed E-state index contributed by atoms with van der Waals surface area (Å²) in [6.07, 6.45) is 12.2. The average Bonchev–Trinajstić information content (AvgIpc) is 3.13. The second-order valence-electron chi connectivity index (χ2n) is 11.9. The van der Waals surface area contributed by atoms with E-state index in [0.29, 0.717) is 42.8 Å². The van der Waals surface area contributed by atoms with E-state index in [4.69, 9.17) is 4.74 Å². The number of allylic oxidation sites excluding steroid dienone is 3. The number of carbonyl (C=O) groups is 1. The summed E-state index contributed by atoms with van der Waals surface area (Å²) in [6.45, 7) is 12.1. The first-order valence-corrected chi connectivity index (χ1v) is 13.2. The predicted octanol–water partition coefficient (Wildman–Crippen LogP) is 5.25. The summed E-state index contributed by atoms with van der Waals surface area (Å²) in [6, 6.07) is 0. The van der Waals surface area contributed by atoms with Gasteiger partial charge in [-0.05, 0) is 87.7 Å². The monoisotopic (exact) mass is 474 g/mol. The fourth-order valence-corrected chi connectivity index (χ4v) is 6.98. The lowest BCUT2D eigenvalue weighted by Crippen LogP contribution is -2.43. The molecule has 0 aliphatic heterocycles. The highest BCUT2D eigenvalue weighted by atomic mass is 16.5. The average molecular weight is 475 g/mol. The minimum Gasteiger partial charge on any atom is -0.465 e. The van der Waals surface area contributed by atoms with E-state index in [1.54, 1.807) is 0 Å². The van der Waals surface area contributed by atoms with Gasteiger partial charge in [0, 0.05) is 18.8 Å². The van der Waals surface area contributed by atoms with Crippen LogP contribution < -0.4 is 0 Å². The summed E-state index contributed by atoms with van der Waals surface area (Å²) in [5, 5.41) is 30.4. The first kappa shape index (κ1) is 27.2. The van der Waals surface area contributed by atoms with Gasteiger partial charge in [0.05, 0.1) is 24.4 Å². The first-order chi connectivity index (χ1) is 15.9. The van der Waals surface area contributed by atoms with Gasteiger partial charge in [0.2, 0.25) is 0 Å². The molecule has 0 heterocycles. The van der Waals surface area contributed by atoms with Crippen molar-refractivity contribution in [2.24, 2.45) is 23.2 Å². The van der Waals surface area contributed by atoms with E-state index >= 15 is 0 Å². The molecule has 3 rings (SSSR count). The lowest BCUT2D eigenvalue weighted by molar-refractivity contribution is -0.148. The third-order valence-corrected chi connectivity index (χ3v) is 8.70. The number of fused-ring (bicyclic) bond motifs is 1. The Morgan fingerprint density at radius 2 is 2.03 bits per heavy atom. The van der Waals surface area contributed by atoms with Crippen molar-refractivity contribution in [3.8, 4) is 0 Å². The molecule has 6 atom stereocenters. The molecule has 3 aliphatic carbocycles. The van der Waals surface area contributed by atoms with Gasteiger partial charge >= 0.3 is 5.97 Å². The smallest absolute Gasteiger partial charge is 0.302 e. The summed E-state index contributed by atoms with van der Waals surface area (Å²) in [5.41, 5.74) is 2.38. The molecule has 0 aromatic carbocycles. The highest BCUT2D eigenvalue weighted by Crippen LogP contribution is 2.60. The molecule has 0 bridgehead atoms. The molecule has 0 radical (unpaired) electrons. The molecule has 0 aromatic rings. The first-order valence-electron chi connectivity index (χ1n) is 13.2. The van der Waals surface area contributed by atoms with Crippen molar-refractivity contribution in [2.45, 2.75) is 110 Å². The zero-order chi connectivity index (χ0) is 25.1. The quantitative estimate of drug-likeness (QED) is 0.418. The molecule has 0 aromatic heterocycles. The fraction of sp³-hybridized carbons (Fsp3) is 0.759. The van der Waals surface area contributed by atoms with Crippen LogP contribution in [0, 0.1) is 23.2 Å². The van der Waals surface area contributed by atoms with Crippen LogP contribution in [0.3, 0.4) is 0 Å². The van der Waals surface area contributed by atoms with Crippen molar-refractivity contribution in [1.29, 1.82) is 0 Å². The lowest BCUT2D eigenvalue weighted by Gasteiger charge is -2.46. The van der Waals surface area contributed by atoms with Crippen LogP contribution in [-0.4, -0.2) is 45.7 Å². The Bertz CT molecular complexity index is 804. The number of carbonyl (C=O) groups excluding carboxylic acids is 1. The summed E-state index contributed by atoms with van der Waals surface area (Å²) < 4.78 is 5.71. The largest absolute Gasteiger partial charge is 0.465 e. The molecule has 0 amide bonds. The van der Waals surface area contributed by atoms with Crippen molar-refractivity contribution in [3.63, 3.8) is 0 Å². The summed E-state index contributed by atoms with van der Waals surface area (Å²) in [7, 11) is 0. The minimum atomic E-state index is -0.677. The normalized spacial score (nSPS) is 35.4. The van der Waals surface area contributed by atoms with Crippen LogP contribution in [0.25, 0.3) is 0 Å². The Hall–Kier alpha value is -1.43. The predicted molar refractivity (Wildman–Crippen MR) is 135 cm³/mol. The highest BCUT2D eigenvalue weighted by molar-refractivity contribution is 5.66. The van der Waals surface area contributed by atoms with Gasteiger partial charge in [-0.2, -0.15) is 0 Å². The standard InChI is InChI=1S/C29H46O5/c1-19(8-6-14-28(4,5)33)25-12-13-26-22(9-7-15-29(25,26)18-34-21(3)30)10-11-23-16-24(31)17-27(32)20(23)2/h10-11,19,24-27,31-33H,2,6-9,12-18H2,1,3-5H3/b22-10?,23-11-/t19-,24-,25-,26?,27-,29+/m1/s1. The molecule has 3 fully saturated rings. The molecule has 3 N–H and O–H groups in total. The topological polar surface area (TPSA) is 87.0 Å². The lowest BCUT2D eigenvalue weighted by atomic mass is 9.60. The fourth-order valence-electron chi connectivity index (χ4n) is 6.98. The third kappa shape index (κ3) is 6.41. The molecular weight excluding hydrogens is 428 g/mol. The third-order valence-electron chi connectivity index (χ3n) is 8.70. The molecule has 3 aliphatic rings. The van der Waals surface area contributed by atoms with Crippen LogP contribution in [0.5, 0.6) is 0 Å². The van der Waals surface area contributed by atoms with Gasteiger partial charge in [-0.1, -0.05) is 44.1 Å². The van der Waals surface area contributed by atoms with E-state index in [0.717, 1.165) is 56.9 Å². The van der Waals surface area contributed by atoms with E-state index < -0.39 is 17.8 Å². The molecule has 5 heteroatoms. The molecule has 5 nitrogen and oxygen atoms in total. The maximum absolute atomic E-state index is 11.8. The van der Waals surface area contributed by atoms with E-state index in [-0.39, 0.29) is 11.4 Å². The van der Waals surface area contributed by atoms with Crippen molar-refractivity contribution in [2.75, 3.05) is 6.61 Å². The van der Waals surface area contributed by atoms with Crippen LogP contribution in [0.4, 0.5) is 0 Å². The van der Waals surface area contributed by atoms with Gasteiger partial charge in [0.1, 0.15) is 0 Å². The number of hydrogen-bond acceptors (Lipinski definition) is 5. The van der Waals surface area contributed by atoms with E-state index in [9.17, 15) is 20.1 Å². The van der Waals surface area contributed by atoms with E-state index in [2.05, 4.69) is 25.7 Å². The number of aliphatic hydroxyl groups is 3. The highest BCUT2D eigenvalue weighted by Gasteiger charge is 2.54. The van der Waals surface area contributed by atoms with Crippen molar-refractivity contribution < 1.29 is 24.9 Å². The van der Waals surface area contributed by atoms with Gasteiger partial charge in [-0.3, -0.25) is 4.79 Å². The Kier molecular flexibility index (Phi) is 8.86. The molecular formula is C29H46O5. The van der Waals surface area contributed by atoms with Crippen molar-refractivity contribution in [1.82, 2.24) is 0 Å². The Morgan fingerprint density at radius 3 is 2.71 bits per heavy atom. The summed E-state index contributed by atoms with van der Waals surface area (Å²) >= 11 is 0. The molecule has 192 valence electrons. The van der Waals surface area contributed by atoms with Crippen LogP contribution >= 0.6 is 0 Å². The van der Waals surface area contributed by atoms with Gasteiger partial charge < -0.3 is 20.1 Å². The van der Waals surface area contributed by atoms with Crippen molar-refractivity contribution in [3.05, 3.63) is 35.5 Å². The van der Waals surface area contributed by atoms with Gasteiger partial charge in [-0.25, -0.2) is 0 Å². The molecule has 0 spiro atoms. The molecule has 1 unspecified atom stereocenters. The van der Waals surface area contributed by atoms with Crippen LogP contribution in [-0.2, 0) is 9.53 Å². The SMILES string of the molecule is C=C1/C(=C\C=C2CCC[C@@]3(COC(C)=O)C2CC[C@@H]3[C@H](C)CCCC(C)(C)O)C[C@@H](O)C[C@H]1O. The second-order valence-corrected chi connectivity index (χ2v) is 11.9. The maximum Gasteiger partial charge on any atom is 0.302 e. The van der Waals surface area contributed by atoms with E-state index in [1.165, 1.54) is 12.5 Å². The Morgan fingerprint density at radius 1 is 1.29 bits per heavy atom. The van der Waals surface area contributed by atoms with Crippen molar-refractivity contribution >= 4 is 5.97 Å². The van der Waals surface area contributed by atoms with Gasteiger partial charge in [-0.15, -0.1) is 0 Å². The molecule has 3 saturated carbocycles.